The number of fused-ring (bicyclic) bond motifs is 1. The van der Waals surface area contributed by atoms with Gasteiger partial charge in [-0.2, -0.15) is 0 Å². The van der Waals surface area contributed by atoms with Gasteiger partial charge in [0.2, 0.25) is 0 Å². The largest absolute Gasteiger partial charge is 0.354 e. The summed E-state index contributed by atoms with van der Waals surface area (Å²) < 4.78 is 26.9. The molecule has 0 fully saturated rings. The molecular weight excluding hydrogens is 348 g/mol. The minimum absolute atomic E-state index is 0.284. The predicted molar refractivity (Wildman–Crippen MR) is 95.3 cm³/mol. The van der Waals surface area contributed by atoms with E-state index in [0.717, 1.165) is 4.31 Å². The molecule has 2 aromatic carbocycles. The number of nitrogens with zero attached hydrogens (tertiary/aromatic N) is 1. The molecule has 5 nitrogen and oxygen atoms in total. The molecule has 1 amide bonds. The number of carbonyl (C=O) groups is 1. The van der Waals surface area contributed by atoms with Crippen LogP contribution in [0.15, 0.2) is 53.4 Å². The van der Waals surface area contributed by atoms with Gasteiger partial charge in [0.05, 0.1) is 5.69 Å². The number of halogens is 1. The fourth-order valence-electron chi connectivity index (χ4n) is 2.74. The molecule has 24 heavy (non-hydrogen) atoms. The van der Waals surface area contributed by atoms with Gasteiger partial charge in [0, 0.05) is 30.3 Å². The number of rotatable bonds is 2. The van der Waals surface area contributed by atoms with E-state index in [1.54, 1.807) is 42.5 Å². The van der Waals surface area contributed by atoms with Gasteiger partial charge in [0.25, 0.3) is 15.9 Å². The molecule has 0 unspecified atom stereocenters. The lowest BCUT2D eigenvalue weighted by atomic mass is 9.95. The first kappa shape index (κ1) is 16.5. The highest BCUT2D eigenvalue weighted by atomic mass is 35.5. The first-order valence-electron chi connectivity index (χ1n) is 7.18. The summed E-state index contributed by atoms with van der Waals surface area (Å²) in [5, 5.41) is 2.88. The van der Waals surface area contributed by atoms with E-state index in [-0.39, 0.29) is 4.91 Å². The molecule has 124 valence electrons. The third kappa shape index (κ3) is 2.48. The third-order valence-corrected chi connectivity index (χ3v) is 5.97. The maximum atomic E-state index is 12.9. The minimum atomic E-state index is -3.98. The van der Waals surface area contributed by atoms with Gasteiger partial charge in [-0.05, 0) is 23.8 Å². The van der Waals surface area contributed by atoms with Crippen LogP contribution in [-0.2, 0) is 14.8 Å². The molecule has 0 atom stereocenters. The van der Waals surface area contributed by atoms with Gasteiger partial charge in [0.15, 0.2) is 4.91 Å². The number of anilines is 1. The molecule has 1 N–H and O–H groups in total. The highest BCUT2D eigenvalue weighted by molar-refractivity contribution is 7.97. The summed E-state index contributed by atoms with van der Waals surface area (Å²) in [4.78, 5) is 12.1. The fourth-order valence-corrected chi connectivity index (χ4v) is 4.42. The Balaban J connectivity index is 2.48. The van der Waals surface area contributed by atoms with Crippen LogP contribution in [0.25, 0.3) is 5.57 Å². The zero-order valence-corrected chi connectivity index (χ0v) is 14.6. The number of carbonyl (C=O) groups excluding carboxylic acids is 1. The van der Waals surface area contributed by atoms with E-state index in [9.17, 15) is 13.2 Å². The van der Waals surface area contributed by atoms with Crippen molar-refractivity contribution < 1.29 is 13.2 Å². The highest BCUT2D eigenvalue weighted by Gasteiger charge is 2.39. The first-order chi connectivity index (χ1) is 11.4. The zero-order chi connectivity index (χ0) is 17.5. The second kappa shape index (κ2) is 5.96. The van der Waals surface area contributed by atoms with Crippen LogP contribution < -0.4 is 9.62 Å². The number of hydrogen-bond acceptors (Lipinski definition) is 3. The Hall–Kier alpha value is -2.31. The molecule has 0 spiro atoms. The van der Waals surface area contributed by atoms with Crippen LogP contribution in [0.4, 0.5) is 5.69 Å². The van der Waals surface area contributed by atoms with Crippen molar-refractivity contribution in [3.63, 3.8) is 0 Å². The maximum Gasteiger partial charge on any atom is 0.270 e. The van der Waals surface area contributed by atoms with Crippen molar-refractivity contribution in [2.24, 2.45) is 0 Å². The lowest BCUT2D eigenvalue weighted by molar-refractivity contribution is -0.116. The van der Waals surface area contributed by atoms with Crippen molar-refractivity contribution in [2.45, 2.75) is 0 Å². The lowest BCUT2D eigenvalue weighted by Gasteiger charge is -2.30. The van der Waals surface area contributed by atoms with E-state index in [1.807, 2.05) is 6.07 Å². The standard InChI is InChI=1S/C17H15ClN2O3S/c1-19-17(21)16-15(11-6-4-3-5-7-11)13-10-12(18)8-9-14(13)20(2)24(16,22)23/h3-10H,1-2H3,(H,19,21). The number of sulfonamides is 1. The van der Waals surface area contributed by atoms with Crippen LogP contribution in [0.3, 0.4) is 0 Å². The fraction of sp³-hybridized carbons (Fsp3) is 0.118. The first-order valence-corrected chi connectivity index (χ1v) is 9.00. The summed E-state index contributed by atoms with van der Waals surface area (Å²) in [5.74, 6) is -0.661. The third-order valence-electron chi connectivity index (χ3n) is 3.91. The van der Waals surface area contributed by atoms with Gasteiger partial charge in [-0.15, -0.1) is 0 Å². The molecule has 7 heteroatoms. The van der Waals surface area contributed by atoms with Crippen molar-refractivity contribution in [3.8, 4) is 0 Å². The quantitative estimate of drug-likeness (QED) is 0.893. The molecular formula is C17H15ClN2O3S. The van der Waals surface area contributed by atoms with Gasteiger partial charge in [0.1, 0.15) is 0 Å². The number of likely N-dealkylation sites (N-methyl/N-ethyl adjacent to an activating group) is 1. The molecule has 2 aromatic rings. The van der Waals surface area contributed by atoms with Crippen molar-refractivity contribution in [2.75, 3.05) is 18.4 Å². The number of nitrogens with one attached hydrogen (secondary N) is 1. The van der Waals surface area contributed by atoms with Crippen LogP contribution in [0.5, 0.6) is 0 Å². The molecule has 1 aliphatic rings. The van der Waals surface area contributed by atoms with Gasteiger partial charge < -0.3 is 5.32 Å². The lowest BCUT2D eigenvalue weighted by Crippen LogP contribution is -2.38. The van der Waals surface area contributed by atoms with Gasteiger partial charge >= 0.3 is 0 Å². The normalized spacial score (nSPS) is 15.9. The zero-order valence-electron chi connectivity index (χ0n) is 13.1. The molecule has 0 aromatic heterocycles. The molecule has 0 aliphatic carbocycles. The van der Waals surface area contributed by atoms with Gasteiger partial charge in [-0.3, -0.25) is 9.10 Å². The van der Waals surface area contributed by atoms with E-state index < -0.39 is 15.9 Å². The summed E-state index contributed by atoms with van der Waals surface area (Å²) >= 11 is 6.12. The topological polar surface area (TPSA) is 66.5 Å². The molecule has 1 aliphatic heterocycles. The Bertz CT molecular complexity index is 953. The summed E-state index contributed by atoms with van der Waals surface area (Å²) in [6.45, 7) is 0. The second-order valence-electron chi connectivity index (χ2n) is 5.28. The monoisotopic (exact) mass is 362 g/mol. The van der Waals surface area contributed by atoms with E-state index in [0.29, 0.717) is 27.4 Å². The van der Waals surface area contributed by atoms with Gasteiger partial charge in [-0.25, -0.2) is 8.42 Å². The molecule has 0 radical (unpaired) electrons. The number of hydrogen-bond donors (Lipinski definition) is 1. The maximum absolute atomic E-state index is 12.9. The Morgan fingerprint density at radius 3 is 2.42 bits per heavy atom. The number of amides is 1. The SMILES string of the molecule is CNC(=O)C1=C(c2ccccc2)c2cc(Cl)ccc2N(C)S1(=O)=O. The summed E-state index contributed by atoms with van der Waals surface area (Å²) in [7, 11) is -1.15. The number of benzene rings is 2. The Kier molecular flexibility index (Phi) is 4.11. The van der Waals surface area contributed by atoms with Crippen LogP contribution in [0.1, 0.15) is 11.1 Å². The Morgan fingerprint density at radius 2 is 1.79 bits per heavy atom. The highest BCUT2D eigenvalue weighted by Crippen LogP contribution is 2.42. The molecule has 1 heterocycles. The van der Waals surface area contributed by atoms with Crippen molar-refractivity contribution in [1.29, 1.82) is 0 Å². The van der Waals surface area contributed by atoms with Crippen molar-refractivity contribution >= 4 is 38.8 Å². The summed E-state index contributed by atoms with van der Waals surface area (Å²) in [5.41, 5.74) is 2.07. The molecule has 3 rings (SSSR count). The van der Waals surface area contributed by atoms with Crippen LogP contribution in [-0.4, -0.2) is 28.4 Å². The van der Waals surface area contributed by atoms with Crippen molar-refractivity contribution in [3.05, 3.63) is 69.6 Å². The summed E-state index contributed by atoms with van der Waals surface area (Å²) in [6, 6.07) is 13.9. The predicted octanol–water partition coefficient (Wildman–Crippen LogP) is 2.63. The van der Waals surface area contributed by atoms with Crippen LogP contribution in [0, 0.1) is 0 Å². The Morgan fingerprint density at radius 1 is 1.12 bits per heavy atom. The van der Waals surface area contributed by atoms with E-state index >= 15 is 0 Å². The molecule has 0 saturated carbocycles. The van der Waals surface area contributed by atoms with Crippen LogP contribution in [0.2, 0.25) is 5.02 Å². The summed E-state index contributed by atoms with van der Waals surface area (Å²) in [6.07, 6.45) is 0. The van der Waals surface area contributed by atoms with Gasteiger partial charge in [-0.1, -0.05) is 41.9 Å². The van der Waals surface area contributed by atoms with Crippen LogP contribution >= 0.6 is 11.6 Å². The van der Waals surface area contributed by atoms with E-state index in [1.165, 1.54) is 14.1 Å². The van der Waals surface area contributed by atoms with Crippen molar-refractivity contribution in [1.82, 2.24) is 5.32 Å². The second-order valence-corrected chi connectivity index (χ2v) is 7.63. The average Bonchev–Trinajstić information content (AvgIpc) is 2.58. The Labute approximate surface area is 145 Å². The molecule has 0 bridgehead atoms. The average molecular weight is 363 g/mol. The van der Waals surface area contributed by atoms with E-state index in [2.05, 4.69) is 5.32 Å². The minimum Gasteiger partial charge on any atom is -0.354 e. The smallest absolute Gasteiger partial charge is 0.270 e. The van der Waals surface area contributed by atoms with E-state index in [4.69, 9.17) is 11.6 Å². The molecule has 0 saturated heterocycles.